The molecule has 0 bridgehead atoms. The second-order valence-electron chi connectivity index (χ2n) is 4.34. The van der Waals surface area contributed by atoms with E-state index in [1.165, 1.54) is 13.2 Å². The van der Waals surface area contributed by atoms with Crippen LogP contribution in [0.5, 0.6) is 5.75 Å². The lowest BCUT2D eigenvalue weighted by molar-refractivity contribution is 0.0695. The molecule has 2 heterocycles. The molecule has 7 nitrogen and oxygen atoms in total. The molecule has 0 spiro atoms. The zero-order valence-corrected chi connectivity index (χ0v) is 10.8. The molecule has 0 radical (unpaired) electrons. The van der Waals surface area contributed by atoms with Crippen molar-refractivity contribution in [1.82, 2.24) is 4.98 Å². The van der Waals surface area contributed by atoms with Crippen molar-refractivity contribution in [3.8, 4) is 5.75 Å². The molecule has 3 rings (SSSR count). The Hall–Kier alpha value is -3.09. The van der Waals surface area contributed by atoms with E-state index in [0.717, 1.165) is 6.20 Å². The van der Waals surface area contributed by atoms with Crippen LogP contribution in [0.4, 0.5) is 0 Å². The number of rotatable bonds is 2. The van der Waals surface area contributed by atoms with Gasteiger partial charge in [0.15, 0.2) is 0 Å². The molecule has 21 heavy (non-hydrogen) atoms. The Morgan fingerprint density at radius 2 is 2.10 bits per heavy atom. The molecule has 0 aliphatic rings. The highest BCUT2D eigenvalue weighted by Gasteiger charge is 2.17. The van der Waals surface area contributed by atoms with Crippen molar-refractivity contribution in [2.45, 2.75) is 0 Å². The van der Waals surface area contributed by atoms with Crippen molar-refractivity contribution < 1.29 is 19.1 Å². The summed E-state index contributed by atoms with van der Waals surface area (Å²) in [5, 5.41) is 9.34. The van der Waals surface area contributed by atoms with Gasteiger partial charge < -0.3 is 19.2 Å². The third-order valence-corrected chi connectivity index (χ3v) is 3.18. The van der Waals surface area contributed by atoms with Crippen LogP contribution in [-0.2, 0) is 0 Å². The highest BCUT2D eigenvalue weighted by molar-refractivity contribution is 6.05. The first-order chi connectivity index (χ1) is 10.0. The molecule has 2 aromatic heterocycles. The third-order valence-electron chi connectivity index (χ3n) is 3.18. The molecule has 0 amide bonds. The summed E-state index contributed by atoms with van der Waals surface area (Å²) in [5.41, 5.74) is -1.84. The third kappa shape index (κ3) is 1.86. The first-order valence-electron chi connectivity index (χ1n) is 5.92. The number of carboxylic acids is 1. The number of pyridine rings is 1. The average molecular weight is 287 g/mol. The predicted octanol–water partition coefficient (Wildman–Crippen LogP) is 1.34. The van der Waals surface area contributed by atoms with Crippen LogP contribution >= 0.6 is 0 Å². The van der Waals surface area contributed by atoms with Crippen LogP contribution < -0.4 is 15.8 Å². The first-order valence-corrected chi connectivity index (χ1v) is 5.92. The lowest BCUT2D eigenvalue weighted by Gasteiger charge is -2.05. The van der Waals surface area contributed by atoms with Gasteiger partial charge >= 0.3 is 11.6 Å². The van der Waals surface area contributed by atoms with Crippen LogP contribution in [0.1, 0.15) is 10.4 Å². The number of aromatic carboxylic acids is 1. The molecule has 106 valence electrons. The van der Waals surface area contributed by atoms with E-state index in [9.17, 15) is 14.4 Å². The zero-order chi connectivity index (χ0) is 15.1. The van der Waals surface area contributed by atoms with Crippen LogP contribution in [0.15, 0.2) is 38.4 Å². The van der Waals surface area contributed by atoms with Crippen LogP contribution in [0, 0.1) is 0 Å². The van der Waals surface area contributed by atoms with E-state index in [0.29, 0.717) is 11.1 Å². The molecule has 2 N–H and O–H groups in total. The molecular formula is C14H9NO6. The standard InChI is InChI=1S/C14H9NO6/c1-20-6-2-3-7-9(4-6)21-14(19)11-10(7)12(16)8(5-15-11)13(17)18/h2-5H,1H3,(H,15,16)(H,17,18). The summed E-state index contributed by atoms with van der Waals surface area (Å²) in [6.07, 6.45) is 0.985. The molecule has 0 aliphatic carbocycles. The Morgan fingerprint density at radius 1 is 1.33 bits per heavy atom. The number of aromatic amines is 1. The van der Waals surface area contributed by atoms with Gasteiger partial charge in [-0.3, -0.25) is 4.79 Å². The van der Waals surface area contributed by atoms with E-state index in [1.54, 1.807) is 12.1 Å². The normalized spacial score (nSPS) is 10.9. The molecule has 0 atom stereocenters. The molecule has 0 unspecified atom stereocenters. The smallest absolute Gasteiger partial charge is 0.360 e. The van der Waals surface area contributed by atoms with Crippen LogP contribution in [0.3, 0.4) is 0 Å². The van der Waals surface area contributed by atoms with E-state index >= 15 is 0 Å². The van der Waals surface area contributed by atoms with Gasteiger partial charge in [0.1, 0.15) is 22.4 Å². The Morgan fingerprint density at radius 3 is 2.76 bits per heavy atom. The second-order valence-corrected chi connectivity index (χ2v) is 4.34. The summed E-state index contributed by atoms with van der Waals surface area (Å²) in [6.45, 7) is 0. The van der Waals surface area contributed by atoms with Gasteiger partial charge in [0.05, 0.1) is 12.5 Å². The maximum absolute atomic E-state index is 12.3. The SMILES string of the molecule is COc1ccc2c(c1)oc(=O)c1[nH]cc(C(=O)O)c(=O)c12. The minimum Gasteiger partial charge on any atom is -0.497 e. The maximum Gasteiger partial charge on any atom is 0.360 e. The monoisotopic (exact) mass is 287 g/mol. The fourth-order valence-corrected chi connectivity index (χ4v) is 2.18. The van der Waals surface area contributed by atoms with Gasteiger partial charge in [-0.15, -0.1) is 0 Å². The van der Waals surface area contributed by atoms with Crippen molar-refractivity contribution in [2.75, 3.05) is 7.11 Å². The van der Waals surface area contributed by atoms with Gasteiger partial charge in [-0.05, 0) is 12.1 Å². The van der Waals surface area contributed by atoms with Crippen LogP contribution in [0.25, 0.3) is 21.9 Å². The topological polar surface area (TPSA) is 110 Å². The first kappa shape index (κ1) is 12.9. The van der Waals surface area contributed by atoms with Crippen molar-refractivity contribution >= 4 is 27.8 Å². The molecule has 0 saturated carbocycles. The Bertz CT molecular complexity index is 998. The Labute approximate surface area is 116 Å². The molecular weight excluding hydrogens is 278 g/mol. The van der Waals surface area contributed by atoms with Crippen LogP contribution in [-0.4, -0.2) is 23.2 Å². The minimum atomic E-state index is -1.37. The van der Waals surface area contributed by atoms with E-state index < -0.39 is 22.6 Å². The number of hydrogen-bond acceptors (Lipinski definition) is 5. The molecule has 7 heteroatoms. The molecule has 0 fully saturated rings. The van der Waals surface area contributed by atoms with E-state index in [2.05, 4.69) is 4.98 Å². The summed E-state index contributed by atoms with van der Waals surface area (Å²) in [4.78, 5) is 37.7. The van der Waals surface area contributed by atoms with Gasteiger partial charge in [0.2, 0.25) is 5.43 Å². The lowest BCUT2D eigenvalue weighted by Crippen LogP contribution is -2.18. The van der Waals surface area contributed by atoms with Gasteiger partial charge in [-0.25, -0.2) is 9.59 Å². The van der Waals surface area contributed by atoms with Gasteiger partial charge in [-0.1, -0.05) is 0 Å². The van der Waals surface area contributed by atoms with Crippen molar-refractivity contribution in [1.29, 1.82) is 0 Å². The lowest BCUT2D eigenvalue weighted by atomic mass is 10.1. The largest absolute Gasteiger partial charge is 0.497 e. The predicted molar refractivity (Wildman–Crippen MR) is 74.1 cm³/mol. The van der Waals surface area contributed by atoms with Crippen molar-refractivity contribution in [2.24, 2.45) is 0 Å². The fourth-order valence-electron chi connectivity index (χ4n) is 2.18. The molecule has 1 aromatic carbocycles. The fraction of sp³-hybridized carbons (Fsp3) is 0.0714. The van der Waals surface area contributed by atoms with Crippen molar-refractivity contribution in [3.05, 3.63) is 50.6 Å². The number of nitrogens with one attached hydrogen (secondary N) is 1. The van der Waals surface area contributed by atoms with Gasteiger partial charge in [0.25, 0.3) is 0 Å². The highest BCUT2D eigenvalue weighted by atomic mass is 16.5. The van der Waals surface area contributed by atoms with Gasteiger partial charge in [0, 0.05) is 17.6 Å². The minimum absolute atomic E-state index is 0.0104. The summed E-state index contributed by atoms with van der Waals surface area (Å²) in [5.74, 6) is -0.913. The Balaban J connectivity index is 2.58. The zero-order valence-electron chi connectivity index (χ0n) is 10.8. The Kier molecular flexibility index (Phi) is 2.76. The summed E-state index contributed by atoms with van der Waals surface area (Å²) in [6, 6.07) is 4.60. The number of aromatic nitrogens is 1. The summed E-state index contributed by atoms with van der Waals surface area (Å²) < 4.78 is 10.1. The van der Waals surface area contributed by atoms with E-state index in [-0.39, 0.29) is 16.5 Å². The number of methoxy groups -OCH3 is 1. The average Bonchev–Trinajstić information content (AvgIpc) is 2.46. The molecule has 3 aromatic rings. The highest BCUT2D eigenvalue weighted by Crippen LogP contribution is 2.23. The number of hydrogen-bond donors (Lipinski definition) is 2. The number of ether oxygens (including phenoxy) is 1. The van der Waals surface area contributed by atoms with E-state index in [4.69, 9.17) is 14.3 Å². The van der Waals surface area contributed by atoms with E-state index in [1.807, 2.05) is 0 Å². The quantitative estimate of drug-likeness (QED) is 0.543. The second kappa shape index (κ2) is 4.48. The number of carboxylic acid groups (broad SMARTS) is 1. The number of fused-ring (bicyclic) bond motifs is 3. The summed E-state index contributed by atoms with van der Waals surface area (Å²) >= 11 is 0. The molecule has 0 saturated heterocycles. The van der Waals surface area contributed by atoms with Crippen molar-refractivity contribution in [3.63, 3.8) is 0 Å². The number of carbonyl (C=O) groups is 1. The summed E-state index contributed by atoms with van der Waals surface area (Å²) in [7, 11) is 1.45. The number of benzene rings is 1. The van der Waals surface area contributed by atoms with Crippen LogP contribution in [0.2, 0.25) is 0 Å². The number of H-pyrrole nitrogens is 1. The maximum atomic E-state index is 12.3. The molecule has 0 aliphatic heterocycles. The van der Waals surface area contributed by atoms with Gasteiger partial charge in [-0.2, -0.15) is 0 Å².